The summed E-state index contributed by atoms with van der Waals surface area (Å²) in [6, 6.07) is 15.4. The van der Waals surface area contributed by atoms with Crippen molar-refractivity contribution in [1.82, 2.24) is 9.55 Å². The maximum Gasteiger partial charge on any atom is 0.272 e. The highest BCUT2D eigenvalue weighted by Crippen LogP contribution is 2.23. The molecule has 0 saturated carbocycles. The molecule has 0 aliphatic rings. The molecule has 2 aromatic carbocycles. The molecule has 5 heteroatoms. The number of amides is 1. The summed E-state index contributed by atoms with van der Waals surface area (Å²) in [6.07, 6.45) is 0. The van der Waals surface area contributed by atoms with E-state index in [1.54, 1.807) is 13.0 Å². The van der Waals surface area contributed by atoms with Gasteiger partial charge in [0.25, 0.3) is 5.91 Å². The summed E-state index contributed by atoms with van der Waals surface area (Å²) in [5.41, 5.74) is 3.85. The highest BCUT2D eigenvalue weighted by atomic mass is 16.3. The van der Waals surface area contributed by atoms with Crippen LogP contribution in [0.3, 0.4) is 0 Å². The summed E-state index contributed by atoms with van der Waals surface area (Å²) < 4.78 is 7.54. The summed E-state index contributed by atoms with van der Waals surface area (Å²) >= 11 is 0. The molecule has 2 heterocycles. The van der Waals surface area contributed by atoms with Crippen molar-refractivity contribution in [2.24, 2.45) is 0 Å². The predicted molar refractivity (Wildman–Crippen MR) is 94.3 cm³/mol. The molecule has 0 aliphatic carbocycles. The molecule has 2 aromatic heterocycles. The molecule has 0 saturated heterocycles. The molecule has 5 nitrogen and oxygen atoms in total. The zero-order chi connectivity index (χ0) is 16.7. The molecule has 0 unspecified atom stereocenters. The minimum atomic E-state index is -0.136. The Balaban J connectivity index is 1.70. The monoisotopic (exact) mass is 319 g/mol. The first-order chi connectivity index (χ1) is 11.7. The second-order valence-electron chi connectivity index (χ2n) is 5.70. The van der Waals surface area contributed by atoms with Crippen molar-refractivity contribution in [3.63, 3.8) is 0 Å². The molecule has 4 aromatic rings. The lowest BCUT2D eigenvalue weighted by Crippen LogP contribution is -2.16. The van der Waals surface area contributed by atoms with Crippen LogP contribution in [0.4, 0.5) is 5.69 Å². The highest BCUT2D eigenvalue weighted by molar-refractivity contribution is 6.06. The van der Waals surface area contributed by atoms with Gasteiger partial charge in [0, 0.05) is 36.1 Å². The van der Waals surface area contributed by atoms with Gasteiger partial charge in [0.15, 0.2) is 11.5 Å². The van der Waals surface area contributed by atoms with Gasteiger partial charge in [-0.15, -0.1) is 0 Å². The van der Waals surface area contributed by atoms with Crippen molar-refractivity contribution >= 4 is 33.6 Å². The van der Waals surface area contributed by atoms with Crippen LogP contribution in [0.25, 0.3) is 22.0 Å². The van der Waals surface area contributed by atoms with Gasteiger partial charge in [0.05, 0.1) is 0 Å². The van der Waals surface area contributed by atoms with Crippen molar-refractivity contribution in [2.75, 3.05) is 5.32 Å². The van der Waals surface area contributed by atoms with Crippen LogP contribution in [-0.4, -0.2) is 15.5 Å². The van der Waals surface area contributed by atoms with Crippen LogP contribution in [-0.2, 0) is 6.54 Å². The zero-order valence-electron chi connectivity index (χ0n) is 13.5. The van der Waals surface area contributed by atoms with E-state index in [0.29, 0.717) is 22.9 Å². The van der Waals surface area contributed by atoms with Gasteiger partial charge in [-0.25, -0.2) is 4.98 Å². The number of rotatable bonds is 3. The summed E-state index contributed by atoms with van der Waals surface area (Å²) in [5, 5.41) is 4.01. The predicted octanol–water partition coefficient (Wildman–Crippen LogP) is 4.36. The molecule has 0 atom stereocenters. The summed E-state index contributed by atoms with van der Waals surface area (Å²) in [7, 11) is 0. The Labute approximate surface area is 138 Å². The average Bonchev–Trinajstić information content (AvgIpc) is 3.13. The van der Waals surface area contributed by atoms with E-state index < -0.39 is 0 Å². The first-order valence-electron chi connectivity index (χ1n) is 7.92. The fourth-order valence-electron chi connectivity index (χ4n) is 3.05. The third-order valence-corrected chi connectivity index (χ3v) is 4.11. The largest absolute Gasteiger partial charge is 0.441 e. The third-order valence-electron chi connectivity index (χ3n) is 4.11. The Kier molecular flexibility index (Phi) is 3.34. The minimum absolute atomic E-state index is 0.136. The topological polar surface area (TPSA) is 60.1 Å². The molecule has 4 rings (SSSR count). The molecule has 0 radical (unpaired) electrons. The summed E-state index contributed by atoms with van der Waals surface area (Å²) in [5.74, 6) is 0.475. The van der Waals surface area contributed by atoms with Crippen molar-refractivity contribution in [3.8, 4) is 0 Å². The number of para-hydroxylation sites is 1. The number of nitrogens with one attached hydrogen (secondary N) is 1. The Morgan fingerprint density at radius 3 is 2.88 bits per heavy atom. The van der Waals surface area contributed by atoms with Crippen LogP contribution in [0.2, 0.25) is 0 Å². The van der Waals surface area contributed by atoms with E-state index in [1.165, 1.54) is 0 Å². The summed E-state index contributed by atoms with van der Waals surface area (Å²) in [6.45, 7) is 4.57. The van der Waals surface area contributed by atoms with E-state index in [9.17, 15) is 4.79 Å². The number of fused-ring (bicyclic) bond motifs is 2. The number of carbonyl (C=O) groups is 1. The summed E-state index contributed by atoms with van der Waals surface area (Å²) in [4.78, 5) is 17.0. The number of carbonyl (C=O) groups excluding carboxylic acids is 1. The van der Waals surface area contributed by atoms with Gasteiger partial charge in [-0.2, -0.15) is 0 Å². The number of aryl methyl sites for hydroxylation is 2. The minimum Gasteiger partial charge on any atom is -0.441 e. The molecular formula is C19H17N3O2. The van der Waals surface area contributed by atoms with Gasteiger partial charge < -0.3 is 14.3 Å². The number of benzene rings is 2. The number of aromatic nitrogens is 2. The number of anilines is 1. The molecule has 120 valence electrons. The maximum atomic E-state index is 12.7. The molecule has 0 fully saturated rings. The third kappa shape index (κ3) is 2.34. The highest BCUT2D eigenvalue weighted by Gasteiger charge is 2.15. The second kappa shape index (κ2) is 5.53. The lowest BCUT2D eigenvalue weighted by Gasteiger charge is -2.08. The van der Waals surface area contributed by atoms with Crippen LogP contribution < -0.4 is 5.32 Å². The van der Waals surface area contributed by atoms with Crippen LogP contribution in [0.1, 0.15) is 23.3 Å². The first-order valence-corrected chi connectivity index (χ1v) is 7.92. The molecule has 24 heavy (non-hydrogen) atoms. The van der Waals surface area contributed by atoms with Gasteiger partial charge in [-0.3, -0.25) is 4.79 Å². The molecule has 0 bridgehead atoms. The van der Waals surface area contributed by atoms with Gasteiger partial charge in [0.1, 0.15) is 11.2 Å². The van der Waals surface area contributed by atoms with Gasteiger partial charge in [-0.05, 0) is 31.2 Å². The van der Waals surface area contributed by atoms with Crippen molar-refractivity contribution in [3.05, 3.63) is 60.1 Å². The molecule has 1 N–H and O–H groups in total. The smallest absolute Gasteiger partial charge is 0.272 e. The number of hydrogen-bond donors (Lipinski definition) is 1. The van der Waals surface area contributed by atoms with Crippen molar-refractivity contribution in [2.45, 2.75) is 20.4 Å². The SMILES string of the molecule is CCn1c(C(=O)Nc2ccc3nc(C)oc3c2)cc2ccccc21. The fraction of sp³-hybridized carbons (Fsp3) is 0.158. The van der Waals surface area contributed by atoms with Gasteiger partial charge >= 0.3 is 0 Å². The van der Waals surface area contributed by atoms with E-state index in [0.717, 1.165) is 23.0 Å². The number of oxazole rings is 1. The normalized spacial score (nSPS) is 11.2. The Bertz CT molecular complexity index is 1060. The van der Waals surface area contributed by atoms with E-state index in [2.05, 4.69) is 10.3 Å². The molecular weight excluding hydrogens is 302 g/mol. The van der Waals surface area contributed by atoms with Crippen LogP contribution in [0.15, 0.2) is 52.9 Å². The Morgan fingerprint density at radius 1 is 1.21 bits per heavy atom. The van der Waals surface area contributed by atoms with Crippen LogP contribution in [0, 0.1) is 6.92 Å². The van der Waals surface area contributed by atoms with Crippen LogP contribution in [0.5, 0.6) is 0 Å². The standard InChI is InChI=1S/C19H17N3O2/c1-3-22-16-7-5-4-6-13(16)10-17(22)19(23)21-14-8-9-15-18(11-14)24-12(2)20-15/h4-11H,3H2,1-2H3,(H,21,23). The molecule has 0 spiro atoms. The van der Waals surface area contributed by atoms with Crippen molar-refractivity contribution < 1.29 is 9.21 Å². The van der Waals surface area contributed by atoms with E-state index in [-0.39, 0.29) is 5.91 Å². The second-order valence-corrected chi connectivity index (χ2v) is 5.70. The van der Waals surface area contributed by atoms with E-state index in [4.69, 9.17) is 4.42 Å². The first kappa shape index (κ1) is 14.5. The Morgan fingerprint density at radius 2 is 2.04 bits per heavy atom. The quantitative estimate of drug-likeness (QED) is 0.610. The van der Waals surface area contributed by atoms with E-state index in [1.807, 2.05) is 54.0 Å². The molecule has 1 amide bonds. The van der Waals surface area contributed by atoms with E-state index >= 15 is 0 Å². The lowest BCUT2D eigenvalue weighted by atomic mass is 10.2. The average molecular weight is 319 g/mol. The van der Waals surface area contributed by atoms with Gasteiger partial charge in [-0.1, -0.05) is 18.2 Å². The lowest BCUT2D eigenvalue weighted by molar-refractivity contribution is 0.101. The maximum absolute atomic E-state index is 12.7. The number of hydrogen-bond acceptors (Lipinski definition) is 3. The zero-order valence-corrected chi connectivity index (χ0v) is 13.5. The molecule has 0 aliphatic heterocycles. The Hall–Kier alpha value is -3.08. The van der Waals surface area contributed by atoms with Gasteiger partial charge in [0.2, 0.25) is 0 Å². The van der Waals surface area contributed by atoms with Crippen LogP contribution >= 0.6 is 0 Å². The van der Waals surface area contributed by atoms with Crippen molar-refractivity contribution in [1.29, 1.82) is 0 Å². The fourth-order valence-corrected chi connectivity index (χ4v) is 3.05. The number of nitrogens with zero attached hydrogens (tertiary/aromatic N) is 2.